The summed E-state index contributed by atoms with van der Waals surface area (Å²) in [4.78, 5) is 16.7. The molecule has 0 aliphatic carbocycles. The number of urea groups is 1. The third kappa shape index (κ3) is 3.40. The number of hydrogen-bond acceptors (Lipinski definition) is 3. The van der Waals surface area contributed by atoms with Crippen molar-refractivity contribution in [2.24, 2.45) is 0 Å². The Bertz CT molecular complexity index is 845. The van der Waals surface area contributed by atoms with Crippen LogP contribution in [0.15, 0.2) is 54.6 Å². The molecule has 3 aromatic rings. The quantitative estimate of drug-likeness (QED) is 0.762. The van der Waals surface area contributed by atoms with E-state index in [1.165, 1.54) is 0 Å². The lowest BCUT2D eigenvalue weighted by atomic mass is 10.1. The van der Waals surface area contributed by atoms with Crippen molar-refractivity contribution in [1.82, 2.24) is 4.98 Å². The summed E-state index contributed by atoms with van der Waals surface area (Å²) in [6, 6.07) is 16.4. The molecule has 23 heavy (non-hydrogen) atoms. The van der Waals surface area contributed by atoms with Crippen molar-refractivity contribution in [2.45, 2.75) is 6.92 Å². The zero-order valence-electron chi connectivity index (χ0n) is 13.0. The third-order valence-electron chi connectivity index (χ3n) is 3.44. The van der Waals surface area contributed by atoms with Crippen LogP contribution in [-0.2, 0) is 0 Å². The molecular formula is C18H17N3O2. The van der Waals surface area contributed by atoms with Crippen molar-refractivity contribution in [1.29, 1.82) is 0 Å². The molecule has 0 bridgehead atoms. The number of hydrogen-bond donors (Lipinski definition) is 2. The highest BCUT2D eigenvalue weighted by molar-refractivity contribution is 6.05. The van der Waals surface area contributed by atoms with Gasteiger partial charge in [0, 0.05) is 16.8 Å². The number of ether oxygens (including phenoxy) is 1. The number of rotatable bonds is 3. The maximum absolute atomic E-state index is 12.2. The van der Waals surface area contributed by atoms with Gasteiger partial charge < -0.3 is 15.4 Å². The van der Waals surface area contributed by atoms with Crippen molar-refractivity contribution in [3.05, 3.63) is 60.3 Å². The van der Waals surface area contributed by atoms with Gasteiger partial charge in [-0.25, -0.2) is 4.79 Å². The number of carbonyl (C=O) groups excluding carboxylic acids is 1. The lowest BCUT2D eigenvalue weighted by Crippen LogP contribution is -2.19. The Labute approximate surface area is 134 Å². The van der Waals surface area contributed by atoms with Crippen LogP contribution < -0.4 is 15.4 Å². The van der Waals surface area contributed by atoms with Crippen LogP contribution >= 0.6 is 0 Å². The Balaban J connectivity index is 1.79. The van der Waals surface area contributed by atoms with Gasteiger partial charge in [-0.15, -0.1) is 0 Å². The zero-order chi connectivity index (χ0) is 16.2. The Morgan fingerprint density at radius 2 is 1.78 bits per heavy atom. The lowest BCUT2D eigenvalue weighted by Gasteiger charge is -2.11. The van der Waals surface area contributed by atoms with E-state index in [0.29, 0.717) is 5.69 Å². The number of methoxy groups -OCH3 is 1. The molecule has 0 spiro atoms. The fourth-order valence-electron chi connectivity index (χ4n) is 2.37. The van der Waals surface area contributed by atoms with Crippen molar-refractivity contribution in [2.75, 3.05) is 17.7 Å². The number of nitrogens with one attached hydrogen (secondary N) is 2. The SMILES string of the molecule is COc1ccc(NC(=O)Nc2cc(C)nc3ccccc23)cc1. The molecule has 1 aromatic heterocycles. The van der Waals surface area contributed by atoms with E-state index in [2.05, 4.69) is 15.6 Å². The van der Waals surface area contributed by atoms with E-state index in [9.17, 15) is 4.79 Å². The number of para-hydroxylation sites is 1. The first-order valence-electron chi connectivity index (χ1n) is 7.24. The second-order valence-corrected chi connectivity index (χ2v) is 5.14. The molecule has 0 aliphatic heterocycles. The van der Waals surface area contributed by atoms with E-state index in [1.807, 2.05) is 37.3 Å². The minimum Gasteiger partial charge on any atom is -0.497 e. The lowest BCUT2D eigenvalue weighted by molar-refractivity contribution is 0.262. The Hall–Kier alpha value is -3.08. The number of nitrogens with zero attached hydrogens (tertiary/aromatic N) is 1. The van der Waals surface area contributed by atoms with Crippen LogP contribution in [0.2, 0.25) is 0 Å². The van der Waals surface area contributed by atoms with E-state index in [1.54, 1.807) is 31.4 Å². The van der Waals surface area contributed by atoms with Crippen LogP contribution in [0.4, 0.5) is 16.2 Å². The summed E-state index contributed by atoms with van der Waals surface area (Å²) in [6.45, 7) is 1.90. The van der Waals surface area contributed by atoms with Gasteiger partial charge in [0.1, 0.15) is 5.75 Å². The highest BCUT2D eigenvalue weighted by Gasteiger charge is 2.08. The van der Waals surface area contributed by atoms with Crippen molar-refractivity contribution in [3.63, 3.8) is 0 Å². The van der Waals surface area contributed by atoms with Gasteiger partial charge >= 0.3 is 6.03 Å². The maximum atomic E-state index is 12.2. The van der Waals surface area contributed by atoms with Gasteiger partial charge in [0.2, 0.25) is 0 Å². The van der Waals surface area contributed by atoms with E-state index < -0.39 is 0 Å². The van der Waals surface area contributed by atoms with Crippen molar-refractivity contribution < 1.29 is 9.53 Å². The number of fused-ring (bicyclic) bond motifs is 1. The topological polar surface area (TPSA) is 63.2 Å². The van der Waals surface area contributed by atoms with Gasteiger partial charge in [-0.3, -0.25) is 4.98 Å². The normalized spacial score (nSPS) is 10.3. The number of anilines is 2. The second-order valence-electron chi connectivity index (χ2n) is 5.14. The minimum absolute atomic E-state index is 0.300. The predicted octanol–water partition coefficient (Wildman–Crippen LogP) is 4.20. The highest BCUT2D eigenvalue weighted by atomic mass is 16.5. The summed E-state index contributed by atoms with van der Waals surface area (Å²) >= 11 is 0. The molecule has 1 heterocycles. The number of benzene rings is 2. The molecule has 0 atom stereocenters. The van der Waals surface area contributed by atoms with Gasteiger partial charge in [-0.1, -0.05) is 18.2 Å². The highest BCUT2D eigenvalue weighted by Crippen LogP contribution is 2.23. The molecule has 5 heteroatoms. The molecule has 116 valence electrons. The van der Waals surface area contributed by atoms with Crippen LogP contribution in [0.1, 0.15) is 5.69 Å². The number of pyridine rings is 1. The molecule has 0 fully saturated rings. The van der Waals surface area contributed by atoms with Gasteiger partial charge in [0.05, 0.1) is 18.3 Å². The average molecular weight is 307 g/mol. The van der Waals surface area contributed by atoms with Gasteiger partial charge in [-0.2, -0.15) is 0 Å². The number of aromatic nitrogens is 1. The van der Waals surface area contributed by atoms with E-state index >= 15 is 0 Å². The molecular weight excluding hydrogens is 290 g/mol. The number of aryl methyl sites for hydroxylation is 1. The molecule has 0 saturated carbocycles. The molecule has 0 aliphatic rings. The standard InChI is InChI=1S/C18H17N3O2/c1-12-11-17(15-5-3-4-6-16(15)19-12)21-18(22)20-13-7-9-14(23-2)10-8-13/h3-11H,1-2H3,(H2,19,20,21,22). The molecule has 2 N–H and O–H groups in total. The second kappa shape index (κ2) is 6.36. The zero-order valence-corrected chi connectivity index (χ0v) is 13.0. The number of carbonyl (C=O) groups is 1. The van der Waals surface area contributed by atoms with Crippen LogP contribution in [0.3, 0.4) is 0 Å². The largest absolute Gasteiger partial charge is 0.497 e. The van der Waals surface area contributed by atoms with Gasteiger partial charge in [0.15, 0.2) is 0 Å². The molecule has 0 radical (unpaired) electrons. The molecule has 2 amide bonds. The third-order valence-corrected chi connectivity index (χ3v) is 3.44. The van der Waals surface area contributed by atoms with Crippen LogP contribution in [0, 0.1) is 6.92 Å². The summed E-state index contributed by atoms with van der Waals surface area (Å²) in [5.41, 5.74) is 3.13. The van der Waals surface area contributed by atoms with Gasteiger partial charge in [0.25, 0.3) is 0 Å². The summed E-state index contributed by atoms with van der Waals surface area (Å²) < 4.78 is 5.10. The van der Waals surface area contributed by atoms with E-state index in [-0.39, 0.29) is 6.03 Å². The first-order chi connectivity index (χ1) is 11.2. The summed E-state index contributed by atoms with van der Waals surface area (Å²) in [7, 11) is 1.60. The van der Waals surface area contributed by atoms with Crippen molar-refractivity contribution >= 4 is 28.3 Å². The van der Waals surface area contributed by atoms with Crippen LogP contribution in [-0.4, -0.2) is 18.1 Å². The fourth-order valence-corrected chi connectivity index (χ4v) is 2.37. The molecule has 3 rings (SSSR count). The predicted molar refractivity (Wildman–Crippen MR) is 92.1 cm³/mol. The first-order valence-corrected chi connectivity index (χ1v) is 7.24. The smallest absolute Gasteiger partial charge is 0.323 e. The van der Waals surface area contributed by atoms with E-state index in [0.717, 1.165) is 28.0 Å². The van der Waals surface area contributed by atoms with Gasteiger partial charge in [-0.05, 0) is 43.3 Å². The minimum atomic E-state index is -0.300. The summed E-state index contributed by atoms with van der Waals surface area (Å²) in [5.74, 6) is 0.742. The first kappa shape index (κ1) is 14.8. The summed E-state index contributed by atoms with van der Waals surface area (Å²) in [5, 5.41) is 6.59. The molecule has 5 nitrogen and oxygen atoms in total. The molecule has 0 unspecified atom stereocenters. The Morgan fingerprint density at radius 3 is 2.52 bits per heavy atom. The van der Waals surface area contributed by atoms with E-state index in [4.69, 9.17) is 4.74 Å². The van der Waals surface area contributed by atoms with Crippen molar-refractivity contribution in [3.8, 4) is 5.75 Å². The Morgan fingerprint density at radius 1 is 1.04 bits per heavy atom. The monoisotopic (exact) mass is 307 g/mol. The maximum Gasteiger partial charge on any atom is 0.323 e. The van der Waals surface area contributed by atoms with Crippen LogP contribution in [0.25, 0.3) is 10.9 Å². The fraction of sp³-hybridized carbons (Fsp3) is 0.111. The molecule has 2 aromatic carbocycles. The number of amides is 2. The molecule has 0 saturated heterocycles. The summed E-state index contributed by atoms with van der Waals surface area (Å²) in [6.07, 6.45) is 0. The van der Waals surface area contributed by atoms with Crippen LogP contribution in [0.5, 0.6) is 5.75 Å². The Kier molecular flexibility index (Phi) is 4.10. The average Bonchev–Trinajstić information content (AvgIpc) is 2.55.